The summed E-state index contributed by atoms with van der Waals surface area (Å²) in [5.41, 5.74) is 2.17. The molecule has 112 valence electrons. The summed E-state index contributed by atoms with van der Waals surface area (Å²) in [6.45, 7) is 4.02. The molecule has 1 unspecified atom stereocenters. The highest BCUT2D eigenvalue weighted by Gasteiger charge is 2.14. The number of anilines is 1. The minimum Gasteiger partial charge on any atom is -0.376 e. The van der Waals surface area contributed by atoms with Crippen LogP contribution in [0.25, 0.3) is 0 Å². The second-order valence-electron chi connectivity index (χ2n) is 4.95. The molecule has 0 amide bonds. The summed E-state index contributed by atoms with van der Waals surface area (Å²) in [4.78, 5) is 0. The largest absolute Gasteiger partial charge is 0.376 e. The van der Waals surface area contributed by atoms with Gasteiger partial charge >= 0.3 is 0 Å². The average Bonchev–Trinajstić information content (AvgIpc) is 2.50. The molecule has 0 heterocycles. The lowest BCUT2D eigenvalue weighted by atomic mass is 10.0. The Morgan fingerprint density at radius 3 is 2.10 bits per heavy atom. The Morgan fingerprint density at radius 2 is 1.52 bits per heavy atom. The fourth-order valence-corrected chi connectivity index (χ4v) is 2.23. The maximum atomic E-state index is 13.7. The highest BCUT2D eigenvalue weighted by atomic mass is 19.2. The quantitative estimate of drug-likeness (QED) is 0.744. The summed E-state index contributed by atoms with van der Waals surface area (Å²) >= 11 is 0. The van der Waals surface area contributed by atoms with Crippen LogP contribution in [-0.4, -0.2) is 0 Å². The van der Waals surface area contributed by atoms with Crippen molar-refractivity contribution >= 4 is 5.69 Å². The normalized spacial score (nSPS) is 12.2. The van der Waals surface area contributed by atoms with Crippen LogP contribution in [0.4, 0.5) is 18.9 Å². The van der Waals surface area contributed by atoms with Crippen molar-refractivity contribution in [3.63, 3.8) is 0 Å². The molecule has 0 aliphatic heterocycles. The van der Waals surface area contributed by atoms with E-state index >= 15 is 0 Å². The summed E-state index contributed by atoms with van der Waals surface area (Å²) in [5.74, 6) is -3.04. The molecule has 1 nitrogen and oxygen atoms in total. The van der Waals surface area contributed by atoms with Gasteiger partial charge in [0.05, 0.1) is 11.7 Å². The molecule has 1 N–H and O–H groups in total. The first-order valence-electron chi connectivity index (χ1n) is 7.05. The number of benzene rings is 2. The van der Waals surface area contributed by atoms with Gasteiger partial charge in [-0.3, -0.25) is 0 Å². The lowest BCUT2D eigenvalue weighted by Gasteiger charge is -2.19. The number of hydrogen-bond acceptors (Lipinski definition) is 1. The van der Waals surface area contributed by atoms with Gasteiger partial charge < -0.3 is 5.32 Å². The molecular formula is C17H18F3N. The second kappa shape index (κ2) is 6.66. The van der Waals surface area contributed by atoms with Crippen LogP contribution in [0.3, 0.4) is 0 Å². The van der Waals surface area contributed by atoms with Crippen LogP contribution in [0.2, 0.25) is 0 Å². The van der Waals surface area contributed by atoms with E-state index in [1.165, 1.54) is 5.56 Å². The minimum atomic E-state index is -1.18. The number of halogens is 3. The number of hydrogen-bond donors (Lipinski definition) is 1. The summed E-state index contributed by atoms with van der Waals surface area (Å²) in [6, 6.07) is 9.23. The third-order valence-corrected chi connectivity index (χ3v) is 3.54. The summed E-state index contributed by atoms with van der Waals surface area (Å²) in [5, 5.41) is 2.94. The molecule has 1 atom stereocenters. The van der Waals surface area contributed by atoms with Gasteiger partial charge in [-0.15, -0.1) is 0 Å². The highest BCUT2D eigenvalue weighted by Crippen LogP contribution is 2.26. The number of rotatable bonds is 5. The first-order valence-corrected chi connectivity index (χ1v) is 7.05. The van der Waals surface area contributed by atoms with E-state index in [0.717, 1.165) is 18.1 Å². The summed E-state index contributed by atoms with van der Waals surface area (Å²) in [6.07, 6.45) is 1.65. The van der Waals surface area contributed by atoms with Crippen molar-refractivity contribution in [3.05, 3.63) is 65.0 Å². The minimum absolute atomic E-state index is 0.0275. The van der Waals surface area contributed by atoms with Gasteiger partial charge in [-0.2, -0.15) is 0 Å². The third kappa shape index (κ3) is 3.57. The lowest BCUT2D eigenvalue weighted by molar-refractivity contribution is 0.495. The van der Waals surface area contributed by atoms with Crippen LogP contribution in [0, 0.1) is 17.5 Å². The van der Waals surface area contributed by atoms with Crippen LogP contribution < -0.4 is 5.32 Å². The number of aryl methyl sites for hydroxylation is 1. The predicted octanol–water partition coefficient (Wildman–Crippen LogP) is 5.23. The molecule has 0 saturated carbocycles. The second-order valence-corrected chi connectivity index (χ2v) is 4.95. The molecule has 0 bridgehead atoms. The lowest BCUT2D eigenvalue weighted by Crippen LogP contribution is -2.11. The van der Waals surface area contributed by atoms with Crippen LogP contribution in [0.5, 0.6) is 0 Å². The molecule has 2 aromatic rings. The Morgan fingerprint density at radius 1 is 0.905 bits per heavy atom. The fraction of sp³-hybridized carbons (Fsp3) is 0.294. The van der Waals surface area contributed by atoms with Gasteiger partial charge in [0.2, 0.25) is 0 Å². The molecule has 0 aliphatic carbocycles. The Labute approximate surface area is 122 Å². The van der Waals surface area contributed by atoms with Crippen molar-refractivity contribution in [1.82, 2.24) is 0 Å². The van der Waals surface area contributed by atoms with Crippen molar-refractivity contribution < 1.29 is 13.2 Å². The molecule has 0 aliphatic rings. The van der Waals surface area contributed by atoms with Gasteiger partial charge in [0.25, 0.3) is 0 Å². The van der Waals surface area contributed by atoms with E-state index in [1.54, 1.807) is 0 Å². The molecule has 4 heteroatoms. The van der Waals surface area contributed by atoms with Crippen LogP contribution in [0.1, 0.15) is 37.4 Å². The smallest absolute Gasteiger partial charge is 0.161 e. The van der Waals surface area contributed by atoms with Crippen molar-refractivity contribution in [2.24, 2.45) is 0 Å². The van der Waals surface area contributed by atoms with E-state index in [9.17, 15) is 13.2 Å². The maximum absolute atomic E-state index is 13.7. The van der Waals surface area contributed by atoms with Crippen LogP contribution >= 0.6 is 0 Å². The predicted molar refractivity (Wildman–Crippen MR) is 78.8 cm³/mol. The van der Waals surface area contributed by atoms with Gasteiger partial charge in [-0.05, 0) is 24.0 Å². The van der Waals surface area contributed by atoms with Crippen molar-refractivity contribution in [3.8, 4) is 0 Å². The topological polar surface area (TPSA) is 12.0 Å². The molecule has 0 aromatic heterocycles. The monoisotopic (exact) mass is 293 g/mol. The Bertz CT molecular complexity index is 608. The first kappa shape index (κ1) is 15.4. The van der Waals surface area contributed by atoms with Gasteiger partial charge in [-0.1, -0.05) is 38.1 Å². The van der Waals surface area contributed by atoms with Gasteiger partial charge in [0.1, 0.15) is 5.82 Å². The zero-order valence-corrected chi connectivity index (χ0v) is 12.1. The SMILES string of the molecule is CCc1ccc(C(CC)Nc2cc(F)c(F)cc2F)cc1. The van der Waals surface area contributed by atoms with Gasteiger partial charge in [-0.25, -0.2) is 13.2 Å². The number of nitrogens with one attached hydrogen (secondary N) is 1. The van der Waals surface area contributed by atoms with Gasteiger partial charge in [0, 0.05) is 12.1 Å². The van der Waals surface area contributed by atoms with Crippen LogP contribution in [0.15, 0.2) is 36.4 Å². The van der Waals surface area contributed by atoms with E-state index in [4.69, 9.17) is 0 Å². The maximum Gasteiger partial charge on any atom is 0.161 e. The molecule has 2 rings (SSSR count). The van der Waals surface area contributed by atoms with Crippen molar-refractivity contribution in [2.75, 3.05) is 5.32 Å². The van der Waals surface area contributed by atoms with E-state index in [1.807, 2.05) is 31.2 Å². The molecule has 0 radical (unpaired) electrons. The van der Waals surface area contributed by atoms with Crippen molar-refractivity contribution in [1.29, 1.82) is 0 Å². The molecule has 21 heavy (non-hydrogen) atoms. The highest BCUT2D eigenvalue weighted by molar-refractivity contribution is 5.47. The van der Waals surface area contributed by atoms with E-state index in [0.29, 0.717) is 12.5 Å². The molecule has 0 fully saturated rings. The van der Waals surface area contributed by atoms with E-state index in [2.05, 4.69) is 12.2 Å². The van der Waals surface area contributed by atoms with E-state index in [-0.39, 0.29) is 11.7 Å². The third-order valence-electron chi connectivity index (χ3n) is 3.54. The standard InChI is InChI=1S/C17H18F3N/c1-3-11-5-7-12(8-6-11)16(4-2)21-17-10-14(19)13(18)9-15(17)20/h5-10,16,21H,3-4H2,1-2H3. The van der Waals surface area contributed by atoms with Gasteiger partial charge in [0.15, 0.2) is 11.6 Å². The van der Waals surface area contributed by atoms with Crippen molar-refractivity contribution in [2.45, 2.75) is 32.7 Å². The Hall–Kier alpha value is -1.97. The summed E-state index contributed by atoms with van der Waals surface area (Å²) < 4.78 is 39.9. The van der Waals surface area contributed by atoms with Crippen LogP contribution in [-0.2, 0) is 6.42 Å². The Kier molecular flexibility index (Phi) is 4.89. The van der Waals surface area contributed by atoms with E-state index < -0.39 is 17.5 Å². The first-order chi connectivity index (χ1) is 10.0. The molecule has 2 aromatic carbocycles. The fourth-order valence-electron chi connectivity index (χ4n) is 2.23. The summed E-state index contributed by atoms with van der Waals surface area (Å²) in [7, 11) is 0. The molecule has 0 saturated heterocycles. The zero-order valence-electron chi connectivity index (χ0n) is 12.1. The Balaban J connectivity index is 2.24. The molecular weight excluding hydrogens is 275 g/mol. The molecule has 0 spiro atoms. The average molecular weight is 293 g/mol. The zero-order chi connectivity index (χ0) is 15.4.